The molecule has 0 aromatic heterocycles. The highest BCUT2D eigenvalue weighted by Gasteiger charge is 2.13. The van der Waals surface area contributed by atoms with Gasteiger partial charge >= 0.3 is 12.0 Å². The molecule has 1 unspecified atom stereocenters. The van der Waals surface area contributed by atoms with Crippen LogP contribution in [0.2, 0.25) is 0 Å². The topological polar surface area (TPSA) is 87.7 Å². The Labute approximate surface area is 137 Å². The van der Waals surface area contributed by atoms with Gasteiger partial charge in [-0.25, -0.2) is 9.59 Å². The molecular formula is C17H26N2O4. The summed E-state index contributed by atoms with van der Waals surface area (Å²) in [5, 5.41) is 14.7. The second kappa shape index (κ2) is 9.84. The van der Waals surface area contributed by atoms with E-state index in [-0.39, 0.29) is 24.6 Å². The molecule has 6 nitrogen and oxygen atoms in total. The van der Waals surface area contributed by atoms with Crippen molar-refractivity contribution < 1.29 is 19.4 Å². The van der Waals surface area contributed by atoms with Crippen molar-refractivity contribution in [1.29, 1.82) is 0 Å². The van der Waals surface area contributed by atoms with Crippen molar-refractivity contribution in [2.75, 3.05) is 18.5 Å². The Balaban J connectivity index is 2.53. The van der Waals surface area contributed by atoms with Gasteiger partial charge in [-0.3, -0.25) is 0 Å². The van der Waals surface area contributed by atoms with Crippen molar-refractivity contribution in [3.63, 3.8) is 0 Å². The summed E-state index contributed by atoms with van der Waals surface area (Å²) in [4.78, 5) is 23.6. The maximum Gasteiger partial charge on any atom is 0.338 e. The van der Waals surface area contributed by atoms with Crippen LogP contribution in [0.1, 0.15) is 44.0 Å². The van der Waals surface area contributed by atoms with E-state index in [1.54, 1.807) is 24.3 Å². The van der Waals surface area contributed by atoms with Crippen molar-refractivity contribution in [2.24, 2.45) is 5.92 Å². The summed E-state index contributed by atoms with van der Waals surface area (Å²) in [5.41, 5.74) is 1.01. The van der Waals surface area contributed by atoms with Crippen molar-refractivity contribution in [1.82, 2.24) is 5.32 Å². The van der Waals surface area contributed by atoms with Crippen LogP contribution in [0.5, 0.6) is 0 Å². The summed E-state index contributed by atoms with van der Waals surface area (Å²) in [6.45, 7) is 6.27. The first kappa shape index (κ1) is 19.0. The zero-order chi connectivity index (χ0) is 17.2. The Morgan fingerprint density at radius 1 is 1.22 bits per heavy atom. The number of benzene rings is 1. The van der Waals surface area contributed by atoms with E-state index in [1.165, 1.54) is 0 Å². The minimum Gasteiger partial charge on any atom is -0.462 e. The van der Waals surface area contributed by atoms with Crippen molar-refractivity contribution in [2.45, 2.75) is 39.7 Å². The van der Waals surface area contributed by atoms with Crippen LogP contribution in [0.25, 0.3) is 0 Å². The molecule has 0 aliphatic rings. The highest BCUT2D eigenvalue weighted by Crippen LogP contribution is 2.11. The summed E-state index contributed by atoms with van der Waals surface area (Å²) in [7, 11) is 0. The molecule has 2 amide bonds. The molecule has 6 heteroatoms. The molecule has 23 heavy (non-hydrogen) atoms. The lowest BCUT2D eigenvalue weighted by Gasteiger charge is -2.18. The average Bonchev–Trinajstić information content (AvgIpc) is 2.52. The third-order valence-electron chi connectivity index (χ3n) is 3.13. The van der Waals surface area contributed by atoms with Crippen molar-refractivity contribution in [3.8, 4) is 0 Å². The fourth-order valence-corrected chi connectivity index (χ4v) is 2.07. The lowest BCUT2D eigenvalue weighted by atomic mass is 10.0. The van der Waals surface area contributed by atoms with E-state index in [0.717, 1.165) is 6.42 Å². The number of carbonyl (C=O) groups excluding carboxylic acids is 2. The molecule has 0 aliphatic carbocycles. The van der Waals surface area contributed by atoms with Gasteiger partial charge in [0.1, 0.15) is 0 Å². The Hall–Kier alpha value is -2.08. The van der Waals surface area contributed by atoms with Crippen LogP contribution in [0.4, 0.5) is 10.5 Å². The lowest BCUT2D eigenvalue weighted by molar-refractivity contribution is 0.0505. The Morgan fingerprint density at radius 2 is 1.87 bits per heavy atom. The smallest absolute Gasteiger partial charge is 0.338 e. The lowest BCUT2D eigenvalue weighted by Crippen LogP contribution is -2.40. The third-order valence-corrected chi connectivity index (χ3v) is 3.13. The zero-order valence-electron chi connectivity index (χ0n) is 14.0. The van der Waals surface area contributed by atoms with Gasteiger partial charge in [0.05, 0.1) is 24.8 Å². The van der Waals surface area contributed by atoms with Gasteiger partial charge in [0, 0.05) is 5.69 Å². The molecule has 3 N–H and O–H groups in total. The van der Waals surface area contributed by atoms with E-state index < -0.39 is 0 Å². The number of hydrogen-bond donors (Lipinski definition) is 3. The van der Waals surface area contributed by atoms with Gasteiger partial charge in [-0.1, -0.05) is 20.8 Å². The predicted molar refractivity (Wildman–Crippen MR) is 89.5 cm³/mol. The zero-order valence-corrected chi connectivity index (χ0v) is 14.0. The van der Waals surface area contributed by atoms with Gasteiger partial charge in [-0.2, -0.15) is 0 Å². The van der Waals surface area contributed by atoms with Gasteiger partial charge in [-0.05, 0) is 43.0 Å². The number of anilines is 1. The van der Waals surface area contributed by atoms with Gasteiger partial charge in [0.2, 0.25) is 0 Å². The fourth-order valence-electron chi connectivity index (χ4n) is 2.07. The first-order valence-electron chi connectivity index (χ1n) is 7.91. The van der Waals surface area contributed by atoms with Crippen LogP contribution in [0.15, 0.2) is 24.3 Å². The number of amides is 2. The van der Waals surface area contributed by atoms with Gasteiger partial charge < -0.3 is 20.5 Å². The molecule has 0 fully saturated rings. The van der Waals surface area contributed by atoms with E-state index >= 15 is 0 Å². The molecule has 0 radical (unpaired) electrons. The number of aliphatic hydroxyl groups excluding tert-OH is 1. The molecule has 1 atom stereocenters. The number of aliphatic hydroxyl groups is 1. The molecule has 128 valence electrons. The standard InChI is InChI=1S/C17H26N2O4/c1-4-9-23-16(21)13-5-7-14(8-6-13)18-17(22)19-15(11-20)10-12(2)3/h5-8,12,15,20H,4,9-11H2,1-3H3,(H2,18,19,22). The number of carbonyl (C=O) groups is 2. The molecule has 0 bridgehead atoms. The number of ether oxygens (including phenoxy) is 1. The Kier molecular flexibility index (Phi) is 8.11. The van der Waals surface area contributed by atoms with Gasteiger partial charge in [0.15, 0.2) is 0 Å². The maximum atomic E-state index is 11.9. The summed E-state index contributed by atoms with van der Waals surface area (Å²) >= 11 is 0. The maximum absolute atomic E-state index is 11.9. The molecule has 0 spiro atoms. The number of nitrogens with one attached hydrogen (secondary N) is 2. The molecule has 0 saturated carbocycles. The first-order chi connectivity index (χ1) is 11.0. The highest BCUT2D eigenvalue weighted by molar-refractivity contribution is 5.92. The van der Waals surface area contributed by atoms with E-state index in [9.17, 15) is 14.7 Å². The molecular weight excluding hydrogens is 296 g/mol. The van der Waals surface area contributed by atoms with Crippen LogP contribution in [-0.4, -0.2) is 36.4 Å². The van der Waals surface area contributed by atoms with Crippen molar-refractivity contribution >= 4 is 17.7 Å². The highest BCUT2D eigenvalue weighted by atomic mass is 16.5. The van der Waals surface area contributed by atoms with Gasteiger partial charge in [0.25, 0.3) is 0 Å². The predicted octanol–water partition coefficient (Wildman–Crippen LogP) is 2.78. The minimum absolute atomic E-state index is 0.103. The molecule has 0 saturated heterocycles. The number of rotatable bonds is 8. The molecule has 1 aromatic carbocycles. The van der Waals surface area contributed by atoms with E-state index in [2.05, 4.69) is 10.6 Å². The third kappa shape index (κ3) is 7.15. The first-order valence-corrected chi connectivity index (χ1v) is 7.91. The molecule has 0 heterocycles. The summed E-state index contributed by atoms with van der Waals surface area (Å²) < 4.78 is 5.04. The monoisotopic (exact) mass is 322 g/mol. The number of esters is 1. The number of urea groups is 1. The Morgan fingerprint density at radius 3 is 2.39 bits per heavy atom. The van der Waals surface area contributed by atoms with Crippen LogP contribution in [-0.2, 0) is 4.74 Å². The Bertz CT molecular complexity index is 500. The molecule has 0 aliphatic heterocycles. The molecule has 1 rings (SSSR count). The van der Waals surface area contributed by atoms with Crippen LogP contribution in [0, 0.1) is 5.92 Å². The van der Waals surface area contributed by atoms with E-state index in [1.807, 2.05) is 20.8 Å². The largest absolute Gasteiger partial charge is 0.462 e. The van der Waals surface area contributed by atoms with Crippen LogP contribution < -0.4 is 10.6 Å². The second-order valence-corrected chi connectivity index (χ2v) is 5.82. The SMILES string of the molecule is CCCOC(=O)c1ccc(NC(=O)NC(CO)CC(C)C)cc1. The van der Waals surface area contributed by atoms with Crippen LogP contribution >= 0.6 is 0 Å². The normalized spacial score (nSPS) is 11.9. The van der Waals surface area contributed by atoms with Gasteiger partial charge in [-0.15, -0.1) is 0 Å². The number of hydrogen-bond acceptors (Lipinski definition) is 4. The van der Waals surface area contributed by atoms with Crippen LogP contribution in [0.3, 0.4) is 0 Å². The molecule has 1 aromatic rings. The summed E-state index contributed by atoms with van der Waals surface area (Å²) in [6.07, 6.45) is 1.47. The average molecular weight is 322 g/mol. The van der Waals surface area contributed by atoms with E-state index in [0.29, 0.717) is 30.2 Å². The summed E-state index contributed by atoms with van der Waals surface area (Å²) in [6, 6.07) is 5.82. The quantitative estimate of drug-likeness (QED) is 0.642. The van der Waals surface area contributed by atoms with E-state index in [4.69, 9.17) is 4.74 Å². The van der Waals surface area contributed by atoms with Crippen molar-refractivity contribution in [3.05, 3.63) is 29.8 Å². The summed E-state index contributed by atoms with van der Waals surface area (Å²) in [5.74, 6) is 0.000922. The fraction of sp³-hybridized carbons (Fsp3) is 0.529. The second-order valence-electron chi connectivity index (χ2n) is 5.82. The minimum atomic E-state index is -0.383.